The van der Waals surface area contributed by atoms with Gasteiger partial charge >= 0.3 is 11.9 Å². The smallest absolute Gasteiger partial charge is 0.359 e. The zero-order valence-corrected chi connectivity index (χ0v) is 11.5. The molecule has 2 rings (SSSR count). The molecule has 0 atom stereocenters. The van der Waals surface area contributed by atoms with E-state index in [9.17, 15) is 9.59 Å². The molecule has 110 valence electrons. The Morgan fingerprint density at radius 1 is 1.14 bits per heavy atom. The lowest BCUT2D eigenvalue weighted by Gasteiger charge is -2.06. The molecular weight excluding hydrogens is 288 g/mol. The quantitative estimate of drug-likeness (QED) is 0.764. The second-order valence-corrected chi connectivity index (χ2v) is 3.98. The van der Waals surface area contributed by atoms with Gasteiger partial charge in [0.1, 0.15) is 18.4 Å². The summed E-state index contributed by atoms with van der Waals surface area (Å²) in [4.78, 5) is 34.9. The average Bonchev–Trinajstić information content (AvgIpc) is 2.59. The Hall–Kier alpha value is -3.34. The summed E-state index contributed by atoms with van der Waals surface area (Å²) in [6.45, 7) is -0.0901. The average molecular weight is 298 g/mol. The van der Waals surface area contributed by atoms with Gasteiger partial charge in [-0.2, -0.15) is 5.26 Å². The molecule has 0 spiro atoms. The fraction of sp³-hybridized carbons (Fsp3) is 0.143. The molecule has 0 aromatic carbocycles. The molecule has 0 saturated heterocycles. The molecule has 2 aromatic rings. The zero-order valence-electron chi connectivity index (χ0n) is 11.5. The van der Waals surface area contributed by atoms with E-state index in [1.807, 2.05) is 6.07 Å². The van der Waals surface area contributed by atoms with Crippen molar-refractivity contribution < 1.29 is 19.1 Å². The monoisotopic (exact) mass is 298 g/mol. The first-order chi connectivity index (χ1) is 10.7. The minimum absolute atomic E-state index is 0.0901. The molecule has 0 unspecified atom stereocenters. The molecule has 0 aliphatic rings. The number of nitriles is 1. The maximum atomic E-state index is 12.0. The van der Waals surface area contributed by atoms with E-state index in [2.05, 4.69) is 19.7 Å². The van der Waals surface area contributed by atoms with Crippen molar-refractivity contribution in [3.8, 4) is 6.07 Å². The van der Waals surface area contributed by atoms with Gasteiger partial charge in [-0.25, -0.2) is 24.5 Å². The largest absolute Gasteiger partial charge is 0.464 e. The Morgan fingerprint density at radius 2 is 1.82 bits per heavy atom. The predicted molar refractivity (Wildman–Crippen MR) is 71.4 cm³/mol. The van der Waals surface area contributed by atoms with Crippen LogP contribution in [0.4, 0.5) is 0 Å². The zero-order chi connectivity index (χ0) is 15.9. The first-order valence-electron chi connectivity index (χ1n) is 6.07. The van der Waals surface area contributed by atoms with Crippen molar-refractivity contribution in [2.75, 3.05) is 7.11 Å². The van der Waals surface area contributed by atoms with Crippen LogP contribution in [0.15, 0.2) is 30.7 Å². The number of carbonyl (C=O) groups excluding carboxylic acids is 2. The lowest BCUT2D eigenvalue weighted by atomic mass is 10.2. The van der Waals surface area contributed by atoms with E-state index in [-0.39, 0.29) is 23.7 Å². The van der Waals surface area contributed by atoms with E-state index < -0.39 is 11.9 Å². The summed E-state index contributed by atoms with van der Waals surface area (Å²) < 4.78 is 9.59. The number of hydrogen-bond acceptors (Lipinski definition) is 8. The van der Waals surface area contributed by atoms with Crippen LogP contribution < -0.4 is 0 Å². The van der Waals surface area contributed by atoms with E-state index in [0.717, 1.165) is 0 Å². The molecule has 2 heterocycles. The molecule has 0 bridgehead atoms. The topological polar surface area (TPSA) is 115 Å². The van der Waals surface area contributed by atoms with Gasteiger partial charge < -0.3 is 9.47 Å². The fourth-order valence-corrected chi connectivity index (χ4v) is 1.58. The summed E-state index contributed by atoms with van der Waals surface area (Å²) in [5.74, 6) is -1.60. The van der Waals surface area contributed by atoms with Crippen LogP contribution in [0.5, 0.6) is 0 Å². The highest BCUT2D eigenvalue weighted by Gasteiger charge is 2.21. The number of rotatable bonds is 4. The summed E-state index contributed by atoms with van der Waals surface area (Å²) in [6, 6.07) is 4.98. The highest BCUT2D eigenvalue weighted by atomic mass is 16.5. The molecule has 0 aliphatic heterocycles. The number of hydrogen-bond donors (Lipinski definition) is 0. The third kappa shape index (κ3) is 3.40. The van der Waals surface area contributed by atoms with Gasteiger partial charge in [-0.05, 0) is 17.7 Å². The molecule has 0 saturated carbocycles. The van der Waals surface area contributed by atoms with Crippen molar-refractivity contribution in [3.05, 3.63) is 53.4 Å². The molecule has 0 radical (unpaired) electrons. The highest BCUT2D eigenvalue weighted by molar-refractivity contribution is 6.00. The Labute approximate surface area is 125 Å². The molecule has 0 aliphatic carbocycles. The second kappa shape index (κ2) is 6.90. The minimum atomic E-state index is -0.816. The van der Waals surface area contributed by atoms with Crippen molar-refractivity contribution >= 4 is 11.9 Å². The fourth-order valence-electron chi connectivity index (χ4n) is 1.58. The number of methoxy groups -OCH3 is 1. The van der Waals surface area contributed by atoms with Crippen molar-refractivity contribution in [1.29, 1.82) is 5.26 Å². The van der Waals surface area contributed by atoms with Crippen LogP contribution in [-0.2, 0) is 16.1 Å². The van der Waals surface area contributed by atoms with Gasteiger partial charge in [-0.3, -0.25) is 0 Å². The van der Waals surface area contributed by atoms with Crippen molar-refractivity contribution in [3.63, 3.8) is 0 Å². The van der Waals surface area contributed by atoms with Crippen molar-refractivity contribution in [2.45, 2.75) is 6.61 Å². The lowest BCUT2D eigenvalue weighted by Crippen LogP contribution is -2.16. The van der Waals surface area contributed by atoms with E-state index in [1.165, 1.54) is 31.8 Å². The Bertz CT molecular complexity index is 755. The van der Waals surface area contributed by atoms with Gasteiger partial charge in [-0.15, -0.1) is 0 Å². The summed E-state index contributed by atoms with van der Waals surface area (Å²) >= 11 is 0. The third-order valence-electron chi connectivity index (χ3n) is 2.58. The number of carbonyl (C=O) groups is 2. The summed E-state index contributed by atoms with van der Waals surface area (Å²) in [5, 5.41) is 8.75. The Morgan fingerprint density at radius 3 is 2.45 bits per heavy atom. The Kier molecular flexibility index (Phi) is 4.72. The predicted octanol–water partition coefficient (Wildman–Crippen LogP) is 0.887. The summed E-state index contributed by atoms with van der Waals surface area (Å²) in [7, 11) is 1.17. The number of esters is 2. The van der Waals surface area contributed by atoms with Crippen LogP contribution >= 0.6 is 0 Å². The van der Waals surface area contributed by atoms with E-state index in [0.29, 0.717) is 5.56 Å². The summed E-state index contributed by atoms with van der Waals surface area (Å²) in [5.41, 5.74) is 0.345. The van der Waals surface area contributed by atoms with Crippen LogP contribution in [0, 0.1) is 11.3 Å². The summed E-state index contributed by atoms with van der Waals surface area (Å²) in [6.07, 6.45) is 3.97. The molecule has 0 fully saturated rings. The number of aromatic nitrogens is 3. The van der Waals surface area contributed by atoms with Crippen LogP contribution in [0.25, 0.3) is 0 Å². The third-order valence-corrected chi connectivity index (χ3v) is 2.58. The van der Waals surface area contributed by atoms with Gasteiger partial charge in [0.05, 0.1) is 7.11 Å². The standard InChI is InChI=1S/C14H10N4O4/c1-21-13(19)11-12(18-5-4-17-11)14(20)22-8-9-2-3-16-10(6-9)7-15/h2-6H,8H2,1H3. The highest BCUT2D eigenvalue weighted by Crippen LogP contribution is 2.09. The maximum Gasteiger partial charge on any atom is 0.359 e. The van der Waals surface area contributed by atoms with Gasteiger partial charge in [0.25, 0.3) is 0 Å². The number of nitrogens with zero attached hydrogens (tertiary/aromatic N) is 4. The van der Waals surface area contributed by atoms with E-state index in [4.69, 9.17) is 10.00 Å². The maximum absolute atomic E-state index is 12.0. The van der Waals surface area contributed by atoms with Crippen LogP contribution in [0.2, 0.25) is 0 Å². The molecule has 0 amide bonds. The van der Waals surface area contributed by atoms with Crippen LogP contribution in [-0.4, -0.2) is 34.0 Å². The van der Waals surface area contributed by atoms with E-state index in [1.54, 1.807) is 6.07 Å². The molecule has 2 aromatic heterocycles. The van der Waals surface area contributed by atoms with E-state index >= 15 is 0 Å². The lowest BCUT2D eigenvalue weighted by molar-refractivity contribution is 0.0447. The first-order valence-corrected chi connectivity index (χ1v) is 6.07. The van der Waals surface area contributed by atoms with Crippen LogP contribution in [0.1, 0.15) is 32.2 Å². The molecule has 22 heavy (non-hydrogen) atoms. The van der Waals surface area contributed by atoms with Crippen molar-refractivity contribution in [2.24, 2.45) is 0 Å². The minimum Gasteiger partial charge on any atom is -0.464 e. The molecule has 8 heteroatoms. The van der Waals surface area contributed by atoms with Crippen molar-refractivity contribution in [1.82, 2.24) is 15.0 Å². The second-order valence-electron chi connectivity index (χ2n) is 3.98. The Balaban J connectivity index is 2.13. The number of pyridine rings is 1. The van der Waals surface area contributed by atoms with Gasteiger partial charge in [0.2, 0.25) is 0 Å². The number of ether oxygens (including phenoxy) is 2. The van der Waals surface area contributed by atoms with Gasteiger partial charge in [0, 0.05) is 18.6 Å². The van der Waals surface area contributed by atoms with Gasteiger partial charge in [-0.1, -0.05) is 0 Å². The first kappa shape index (κ1) is 15.1. The molecular formula is C14H10N4O4. The molecule has 8 nitrogen and oxygen atoms in total. The molecule has 0 N–H and O–H groups in total. The SMILES string of the molecule is COC(=O)c1nccnc1C(=O)OCc1ccnc(C#N)c1. The van der Waals surface area contributed by atoms with Crippen LogP contribution in [0.3, 0.4) is 0 Å². The normalized spacial score (nSPS) is 9.64. The van der Waals surface area contributed by atoms with Gasteiger partial charge in [0.15, 0.2) is 11.4 Å².